The van der Waals surface area contributed by atoms with Crippen molar-refractivity contribution in [1.29, 1.82) is 0 Å². The Morgan fingerprint density at radius 3 is 2.55 bits per heavy atom. The van der Waals surface area contributed by atoms with Crippen molar-refractivity contribution in [2.24, 2.45) is 0 Å². The highest BCUT2D eigenvalue weighted by atomic mass is 16.2. The van der Waals surface area contributed by atoms with Crippen LogP contribution >= 0.6 is 0 Å². The van der Waals surface area contributed by atoms with E-state index in [1.54, 1.807) is 0 Å². The molecule has 2 N–H and O–H groups in total. The lowest BCUT2D eigenvalue weighted by Gasteiger charge is -2.20. The highest BCUT2D eigenvalue weighted by Crippen LogP contribution is 2.17. The first kappa shape index (κ1) is 16.6. The summed E-state index contributed by atoms with van der Waals surface area (Å²) in [5, 5.41) is 9.63. The van der Waals surface area contributed by atoms with E-state index in [0.717, 1.165) is 18.8 Å². The van der Waals surface area contributed by atoms with Crippen LogP contribution in [0.3, 0.4) is 0 Å². The summed E-state index contributed by atoms with van der Waals surface area (Å²) in [5.41, 5.74) is -0.133. The van der Waals surface area contributed by atoms with Gasteiger partial charge in [0.25, 0.3) is 5.91 Å². The summed E-state index contributed by atoms with van der Waals surface area (Å²) in [6.45, 7) is 12.0. The maximum Gasteiger partial charge on any atom is 0.290 e. The topological polar surface area (TPSA) is 73.9 Å². The van der Waals surface area contributed by atoms with Gasteiger partial charge in [0, 0.05) is 18.0 Å². The number of nitrogens with zero attached hydrogens (tertiary/aromatic N) is 3. The Kier molecular flexibility index (Phi) is 5.68. The van der Waals surface area contributed by atoms with Crippen molar-refractivity contribution in [2.45, 2.75) is 52.5 Å². The highest BCUT2D eigenvalue weighted by Gasteiger charge is 2.21. The number of H-pyrrole nitrogens is 1. The van der Waals surface area contributed by atoms with Gasteiger partial charge in [-0.1, -0.05) is 20.8 Å². The fourth-order valence-corrected chi connectivity index (χ4v) is 1.57. The van der Waals surface area contributed by atoms with E-state index in [9.17, 15) is 4.79 Å². The summed E-state index contributed by atoms with van der Waals surface area (Å²) < 4.78 is 0. The molecule has 0 aliphatic heterocycles. The third kappa shape index (κ3) is 4.92. The molecule has 0 bridgehead atoms. The van der Waals surface area contributed by atoms with Crippen molar-refractivity contribution in [3.63, 3.8) is 0 Å². The molecule has 20 heavy (non-hydrogen) atoms. The zero-order valence-corrected chi connectivity index (χ0v) is 13.4. The van der Waals surface area contributed by atoms with E-state index in [2.05, 4.69) is 46.3 Å². The quantitative estimate of drug-likeness (QED) is 0.776. The molecule has 1 rings (SSSR count). The molecule has 0 saturated carbocycles. The van der Waals surface area contributed by atoms with Crippen molar-refractivity contribution < 1.29 is 4.79 Å². The Hall–Kier alpha value is -1.43. The lowest BCUT2D eigenvalue weighted by atomic mass is 9.96. The molecule has 6 heteroatoms. The lowest BCUT2D eigenvalue weighted by molar-refractivity contribution is 0.0941. The summed E-state index contributed by atoms with van der Waals surface area (Å²) in [5.74, 6) is 0.721. The zero-order chi connectivity index (χ0) is 15.3. The van der Waals surface area contributed by atoms with Crippen LogP contribution in [-0.2, 0) is 5.41 Å². The third-order valence-electron chi connectivity index (χ3n) is 3.25. The normalized spacial score (nSPS) is 12.2. The molecule has 0 aliphatic carbocycles. The van der Waals surface area contributed by atoms with E-state index in [1.807, 2.05) is 20.8 Å². The van der Waals surface area contributed by atoms with Gasteiger partial charge in [0.05, 0.1) is 0 Å². The molecule has 0 aliphatic rings. The number of carbonyl (C=O) groups excluding carboxylic acids is 1. The Balaban J connectivity index is 2.38. The predicted molar refractivity (Wildman–Crippen MR) is 79.8 cm³/mol. The van der Waals surface area contributed by atoms with Crippen molar-refractivity contribution >= 4 is 5.91 Å². The molecule has 1 heterocycles. The lowest BCUT2D eigenvalue weighted by Crippen LogP contribution is -2.31. The second-order valence-corrected chi connectivity index (χ2v) is 6.44. The molecular weight excluding hydrogens is 254 g/mol. The molecule has 0 spiro atoms. The van der Waals surface area contributed by atoms with Crippen LogP contribution in [0.2, 0.25) is 0 Å². The maximum absolute atomic E-state index is 11.9. The SMILES string of the molecule is CC(C)N(C)CCCNC(=O)c1n[nH]c(C(C)(C)C)n1. The first-order valence-corrected chi connectivity index (χ1v) is 7.13. The number of amides is 1. The molecule has 1 aromatic heterocycles. The largest absolute Gasteiger partial charge is 0.349 e. The number of hydrogen-bond acceptors (Lipinski definition) is 4. The summed E-state index contributed by atoms with van der Waals surface area (Å²) in [6.07, 6.45) is 0.914. The average Bonchev–Trinajstić information content (AvgIpc) is 2.83. The van der Waals surface area contributed by atoms with Gasteiger partial charge in [-0.2, -0.15) is 0 Å². The second kappa shape index (κ2) is 6.83. The van der Waals surface area contributed by atoms with Crippen LogP contribution < -0.4 is 5.32 Å². The average molecular weight is 281 g/mol. The van der Waals surface area contributed by atoms with Crippen molar-refractivity contribution in [3.8, 4) is 0 Å². The van der Waals surface area contributed by atoms with Crippen LogP contribution in [0.4, 0.5) is 0 Å². The monoisotopic (exact) mass is 281 g/mol. The Bertz CT molecular complexity index is 433. The standard InChI is InChI=1S/C14H27N5O/c1-10(2)19(6)9-7-8-15-12(20)11-16-13(18-17-11)14(3,4)5/h10H,7-9H2,1-6H3,(H,15,20)(H,16,17,18). The third-order valence-corrected chi connectivity index (χ3v) is 3.25. The molecule has 0 aromatic carbocycles. The van der Waals surface area contributed by atoms with Crippen LogP contribution in [0.25, 0.3) is 0 Å². The molecule has 0 radical (unpaired) electrons. The van der Waals surface area contributed by atoms with Crippen LogP contribution in [0.15, 0.2) is 0 Å². The van der Waals surface area contributed by atoms with Crippen molar-refractivity contribution in [3.05, 3.63) is 11.6 Å². The fraction of sp³-hybridized carbons (Fsp3) is 0.786. The van der Waals surface area contributed by atoms with Gasteiger partial charge >= 0.3 is 0 Å². The minimum atomic E-state index is -0.219. The van der Waals surface area contributed by atoms with E-state index in [-0.39, 0.29) is 17.1 Å². The number of hydrogen-bond donors (Lipinski definition) is 2. The van der Waals surface area contributed by atoms with Crippen LogP contribution in [0.1, 0.15) is 57.5 Å². The smallest absolute Gasteiger partial charge is 0.290 e. The van der Waals surface area contributed by atoms with Crippen LogP contribution in [0, 0.1) is 0 Å². The Labute approximate surface area is 121 Å². The summed E-state index contributed by atoms with van der Waals surface area (Å²) in [7, 11) is 2.08. The molecule has 0 saturated heterocycles. The van der Waals surface area contributed by atoms with Crippen LogP contribution in [-0.4, -0.2) is 52.2 Å². The van der Waals surface area contributed by atoms with Crippen molar-refractivity contribution in [2.75, 3.05) is 20.1 Å². The molecular formula is C14H27N5O. The van der Waals surface area contributed by atoms with Crippen molar-refractivity contribution in [1.82, 2.24) is 25.4 Å². The number of nitrogens with one attached hydrogen (secondary N) is 2. The summed E-state index contributed by atoms with van der Waals surface area (Å²) >= 11 is 0. The summed E-state index contributed by atoms with van der Waals surface area (Å²) in [6, 6.07) is 0.521. The molecule has 0 fully saturated rings. The number of carbonyl (C=O) groups is 1. The second-order valence-electron chi connectivity index (χ2n) is 6.44. The van der Waals surface area contributed by atoms with E-state index in [1.165, 1.54) is 0 Å². The summed E-state index contributed by atoms with van der Waals surface area (Å²) in [4.78, 5) is 18.4. The first-order chi connectivity index (χ1) is 9.21. The predicted octanol–water partition coefficient (Wildman–Crippen LogP) is 1.56. The molecule has 6 nitrogen and oxygen atoms in total. The Morgan fingerprint density at radius 2 is 2.05 bits per heavy atom. The van der Waals surface area contributed by atoms with Gasteiger partial charge < -0.3 is 10.2 Å². The van der Waals surface area contributed by atoms with E-state index >= 15 is 0 Å². The van der Waals surface area contributed by atoms with Gasteiger partial charge in [-0.15, -0.1) is 5.10 Å². The van der Waals surface area contributed by atoms with Gasteiger partial charge in [0.2, 0.25) is 5.82 Å². The van der Waals surface area contributed by atoms with E-state index in [0.29, 0.717) is 12.6 Å². The van der Waals surface area contributed by atoms with Crippen LogP contribution in [0.5, 0.6) is 0 Å². The van der Waals surface area contributed by atoms with Gasteiger partial charge in [-0.3, -0.25) is 9.89 Å². The zero-order valence-electron chi connectivity index (χ0n) is 13.4. The van der Waals surface area contributed by atoms with E-state index in [4.69, 9.17) is 0 Å². The minimum Gasteiger partial charge on any atom is -0.349 e. The first-order valence-electron chi connectivity index (χ1n) is 7.13. The highest BCUT2D eigenvalue weighted by molar-refractivity contribution is 5.90. The van der Waals surface area contributed by atoms with Gasteiger partial charge in [0.15, 0.2) is 0 Å². The maximum atomic E-state index is 11.9. The molecule has 0 unspecified atom stereocenters. The molecule has 0 atom stereocenters. The molecule has 1 aromatic rings. The minimum absolute atomic E-state index is 0.133. The van der Waals surface area contributed by atoms with Gasteiger partial charge in [0.1, 0.15) is 5.82 Å². The number of aromatic amines is 1. The number of aromatic nitrogens is 3. The molecule has 1 amide bonds. The fourth-order valence-electron chi connectivity index (χ4n) is 1.57. The number of rotatable bonds is 6. The van der Waals surface area contributed by atoms with Gasteiger partial charge in [-0.05, 0) is 33.9 Å². The Morgan fingerprint density at radius 1 is 1.40 bits per heavy atom. The van der Waals surface area contributed by atoms with E-state index < -0.39 is 0 Å². The van der Waals surface area contributed by atoms with Gasteiger partial charge in [-0.25, -0.2) is 4.98 Å². The molecule has 114 valence electrons.